The zero-order valence-electron chi connectivity index (χ0n) is 17.1. The van der Waals surface area contributed by atoms with Gasteiger partial charge in [-0.05, 0) is 54.3 Å². The van der Waals surface area contributed by atoms with E-state index in [1.165, 1.54) is 23.8 Å². The third kappa shape index (κ3) is 7.36. The van der Waals surface area contributed by atoms with Crippen LogP contribution in [0.1, 0.15) is 30.4 Å². The first-order chi connectivity index (χ1) is 14.9. The lowest BCUT2D eigenvalue weighted by molar-refractivity contribution is -0.170. The Labute approximate surface area is 186 Å². The summed E-state index contributed by atoms with van der Waals surface area (Å²) >= 11 is 5.89. The molecule has 0 aliphatic heterocycles. The van der Waals surface area contributed by atoms with Crippen molar-refractivity contribution >= 4 is 23.6 Å². The molecule has 31 heavy (non-hydrogen) atoms. The Kier molecular flexibility index (Phi) is 8.49. The standard InChI is InChI=1S/C24H27ClO6/c25-18-8-3-16(4-9-18)2-1-13-30-20-14-21(27)24(29)22(15-20)31-23(28)12-7-17-5-10-19(26)11-6-17/h3-12,20-22,24,26-27,29H,1-2,13-15H2/b12-7+/t20-,21-,22+,24+/m0/s1. The van der Waals surface area contributed by atoms with Crippen molar-refractivity contribution in [3.63, 3.8) is 0 Å². The molecule has 0 amide bonds. The number of phenolic OH excluding ortho intramolecular Hbond substituents is 1. The van der Waals surface area contributed by atoms with Gasteiger partial charge in [0, 0.05) is 30.5 Å². The Balaban J connectivity index is 1.45. The van der Waals surface area contributed by atoms with E-state index in [1.807, 2.05) is 24.3 Å². The zero-order chi connectivity index (χ0) is 22.2. The second-order valence-electron chi connectivity index (χ2n) is 7.65. The summed E-state index contributed by atoms with van der Waals surface area (Å²) in [5.74, 6) is -0.481. The lowest BCUT2D eigenvalue weighted by atomic mass is 9.89. The van der Waals surface area contributed by atoms with Gasteiger partial charge in [-0.25, -0.2) is 4.79 Å². The molecule has 1 aliphatic carbocycles. The fourth-order valence-electron chi connectivity index (χ4n) is 3.52. The predicted octanol–water partition coefficient (Wildman–Crippen LogP) is 3.50. The van der Waals surface area contributed by atoms with Crippen LogP contribution < -0.4 is 0 Å². The van der Waals surface area contributed by atoms with E-state index >= 15 is 0 Å². The van der Waals surface area contributed by atoms with Crippen molar-refractivity contribution < 1.29 is 29.6 Å². The molecule has 2 aromatic carbocycles. The molecule has 0 unspecified atom stereocenters. The van der Waals surface area contributed by atoms with Gasteiger partial charge >= 0.3 is 5.97 Å². The number of esters is 1. The van der Waals surface area contributed by atoms with E-state index in [1.54, 1.807) is 18.2 Å². The smallest absolute Gasteiger partial charge is 0.331 e. The van der Waals surface area contributed by atoms with Crippen LogP contribution in [0.5, 0.6) is 5.75 Å². The number of ether oxygens (including phenoxy) is 2. The molecule has 6 nitrogen and oxygen atoms in total. The van der Waals surface area contributed by atoms with Crippen molar-refractivity contribution in [1.82, 2.24) is 0 Å². The number of halogens is 1. The molecular weight excluding hydrogens is 420 g/mol. The highest BCUT2D eigenvalue weighted by molar-refractivity contribution is 6.30. The van der Waals surface area contributed by atoms with Crippen LogP contribution in [-0.4, -0.2) is 52.3 Å². The van der Waals surface area contributed by atoms with E-state index in [4.69, 9.17) is 21.1 Å². The summed E-state index contributed by atoms with van der Waals surface area (Å²) < 4.78 is 11.2. The number of carbonyl (C=O) groups is 1. The van der Waals surface area contributed by atoms with Crippen LogP contribution in [0, 0.1) is 0 Å². The van der Waals surface area contributed by atoms with Gasteiger partial charge in [0.2, 0.25) is 0 Å². The van der Waals surface area contributed by atoms with E-state index in [-0.39, 0.29) is 11.9 Å². The summed E-state index contributed by atoms with van der Waals surface area (Å²) in [6.45, 7) is 0.498. The fourth-order valence-corrected chi connectivity index (χ4v) is 3.65. The van der Waals surface area contributed by atoms with E-state index < -0.39 is 24.3 Å². The van der Waals surface area contributed by atoms with E-state index in [9.17, 15) is 20.1 Å². The molecule has 3 N–H and O–H groups in total. The van der Waals surface area contributed by atoms with Crippen LogP contribution in [0.15, 0.2) is 54.6 Å². The number of carbonyl (C=O) groups excluding carboxylic acids is 1. The van der Waals surface area contributed by atoms with Crippen molar-refractivity contribution in [3.05, 3.63) is 70.8 Å². The molecule has 7 heteroatoms. The largest absolute Gasteiger partial charge is 0.508 e. The molecule has 0 saturated heterocycles. The first kappa shape index (κ1) is 23.3. The van der Waals surface area contributed by atoms with Crippen LogP contribution >= 0.6 is 11.6 Å². The number of hydrogen-bond donors (Lipinski definition) is 3. The Bertz CT molecular complexity index is 865. The number of aliphatic hydroxyl groups excluding tert-OH is 2. The number of benzene rings is 2. The van der Waals surface area contributed by atoms with Crippen molar-refractivity contribution in [2.24, 2.45) is 0 Å². The number of phenols is 1. The van der Waals surface area contributed by atoms with Gasteiger partial charge in [-0.3, -0.25) is 0 Å². The summed E-state index contributed by atoms with van der Waals surface area (Å²) in [5, 5.41) is 30.4. The molecular formula is C24H27ClO6. The number of aromatic hydroxyl groups is 1. The highest BCUT2D eigenvalue weighted by Crippen LogP contribution is 2.25. The summed E-state index contributed by atoms with van der Waals surface area (Å²) in [6.07, 6.45) is 1.74. The molecule has 3 rings (SSSR count). The first-order valence-corrected chi connectivity index (χ1v) is 10.7. The molecule has 0 heterocycles. The molecule has 0 aromatic heterocycles. The average Bonchev–Trinajstić information content (AvgIpc) is 2.75. The highest BCUT2D eigenvalue weighted by Gasteiger charge is 2.38. The van der Waals surface area contributed by atoms with Crippen LogP contribution in [0.4, 0.5) is 0 Å². The lowest BCUT2D eigenvalue weighted by Crippen LogP contribution is -2.48. The molecule has 2 aromatic rings. The van der Waals surface area contributed by atoms with Gasteiger partial charge in [-0.2, -0.15) is 0 Å². The van der Waals surface area contributed by atoms with Crippen molar-refractivity contribution in [2.45, 2.75) is 50.1 Å². The first-order valence-electron chi connectivity index (χ1n) is 10.3. The number of hydrogen-bond acceptors (Lipinski definition) is 6. The molecule has 0 radical (unpaired) electrons. The molecule has 1 aliphatic rings. The van der Waals surface area contributed by atoms with Crippen LogP contribution in [0.25, 0.3) is 6.08 Å². The van der Waals surface area contributed by atoms with Crippen molar-refractivity contribution in [3.8, 4) is 5.75 Å². The van der Waals surface area contributed by atoms with E-state index in [0.717, 1.165) is 18.4 Å². The minimum atomic E-state index is -1.15. The molecule has 0 bridgehead atoms. The second-order valence-corrected chi connectivity index (χ2v) is 8.09. The third-order valence-corrected chi connectivity index (χ3v) is 5.48. The van der Waals surface area contributed by atoms with Gasteiger partial charge in [-0.1, -0.05) is 35.9 Å². The van der Waals surface area contributed by atoms with Gasteiger partial charge in [0.25, 0.3) is 0 Å². The number of aryl methyl sites for hydroxylation is 1. The van der Waals surface area contributed by atoms with Gasteiger partial charge in [0.15, 0.2) is 0 Å². The minimum absolute atomic E-state index is 0.137. The summed E-state index contributed by atoms with van der Waals surface area (Å²) in [5.41, 5.74) is 1.89. The SMILES string of the molecule is O=C(/C=C/c1ccc(O)cc1)O[C@@H]1C[C@@H](OCCCc2ccc(Cl)cc2)C[C@H](O)[C@H]1O. The maximum Gasteiger partial charge on any atom is 0.331 e. The zero-order valence-corrected chi connectivity index (χ0v) is 17.8. The molecule has 1 fully saturated rings. The van der Waals surface area contributed by atoms with Crippen molar-refractivity contribution in [2.75, 3.05) is 6.61 Å². The maximum absolute atomic E-state index is 12.2. The van der Waals surface area contributed by atoms with Gasteiger partial charge in [0.05, 0.1) is 12.2 Å². The molecule has 4 atom stereocenters. The monoisotopic (exact) mass is 446 g/mol. The Hall–Kier alpha value is -2.38. The Morgan fingerprint density at radius 1 is 1.06 bits per heavy atom. The predicted molar refractivity (Wildman–Crippen MR) is 118 cm³/mol. The second kappa shape index (κ2) is 11.3. The Morgan fingerprint density at radius 2 is 1.77 bits per heavy atom. The fraction of sp³-hybridized carbons (Fsp3) is 0.375. The topological polar surface area (TPSA) is 96.2 Å². The van der Waals surface area contributed by atoms with Crippen molar-refractivity contribution in [1.29, 1.82) is 0 Å². The van der Waals surface area contributed by atoms with Gasteiger partial charge < -0.3 is 24.8 Å². The summed E-state index contributed by atoms with van der Waals surface area (Å²) in [4.78, 5) is 12.2. The van der Waals surface area contributed by atoms with Crippen LogP contribution in [0.2, 0.25) is 5.02 Å². The van der Waals surface area contributed by atoms with E-state index in [2.05, 4.69) is 0 Å². The lowest BCUT2D eigenvalue weighted by Gasteiger charge is -2.36. The third-order valence-electron chi connectivity index (χ3n) is 5.22. The normalized spacial score (nSPS) is 23.7. The minimum Gasteiger partial charge on any atom is -0.508 e. The van der Waals surface area contributed by atoms with E-state index in [0.29, 0.717) is 24.5 Å². The van der Waals surface area contributed by atoms with Crippen LogP contribution in [-0.2, 0) is 20.7 Å². The number of rotatable bonds is 8. The summed E-state index contributed by atoms with van der Waals surface area (Å²) in [6, 6.07) is 14.0. The average molecular weight is 447 g/mol. The Morgan fingerprint density at radius 3 is 2.48 bits per heavy atom. The van der Waals surface area contributed by atoms with Gasteiger partial charge in [-0.15, -0.1) is 0 Å². The number of aliphatic hydroxyl groups is 2. The van der Waals surface area contributed by atoms with Gasteiger partial charge in [0.1, 0.15) is 18.0 Å². The molecule has 0 spiro atoms. The highest BCUT2D eigenvalue weighted by atomic mass is 35.5. The van der Waals surface area contributed by atoms with Crippen LogP contribution in [0.3, 0.4) is 0 Å². The summed E-state index contributed by atoms with van der Waals surface area (Å²) in [7, 11) is 0. The quantitative estimate of drug-likeness (QED) is 0.326. The molecule has 1 saturated carbocycles. The molecule has 166 valence electrons. The maximum atomic E-state index is 12.2.